The molecule has 0 amide bonds. The Labute approximate surface area is 193 Å². The number of ether oxygens (including phenoxy) is 3. The summed E-state index contributed by atoms with van der Waals surface area (Å²) < 4.78 is 17.3. The first-order valence-corrected chi connectivity index (χ1v) is 11.0. The Morgan fingerprint density at radius 2 is 1.77 bits per heavy atom. The predicted molar refractivity (Wildman–Crippen MR) is 124 cm³/mol. The summed E-state index contributed by atoms with van der Waals surface area (Å²) in [7, 11) is 0. The molecule has 0 atom stereocenters. The van der Waals surface area contributed by atoms with Crippen molar-refractivity contribution in [2.75, 3.05) is 19.8 Å². The molecule has 0 saturated heterocycles. The van der Waals surface area contributed by atoms with E-state index in [0.29, 0.717) is 53.8 Å². The van der Waals surface area contributed by atoms with Crippen LogP contribution in [0, 0.1) is 0 Å². The lowest BCUT2D eigenvalue weighted by molar-refractivity contribution is 0.269. The SMILES string of the molecule is CCOc1cc(CNCCCOc2ccccn2)cc(Cl)c1OCc1ccccc1Cl. The summed E-state index contributed by atoms with van der Waals surface area (Å²) in [4.78, 5) is 4.14. The third-order valence-electron chi connectivity index (χ3n) is 4.41. The van der Waals surface area contributed by atoms with Gasteiger partial charge in [-0.05, 0) is 49.7 Å². The van der Waals surface area contributed by atoms with Gasteiger partial charge in [-0.25, -0.2) is 4.98 Å². The van der Waals surface area contributed by atoms with Crippen LogP contribution in [0.2, 0.25) is 10.0 Å². The lowest BCUT2D eigenvalue weighted by atomic mass is 10.2. The van der Waals surface area contributed by atoms with Gasteiger partial charge in [0.2, 0.25) is 5.88 Å². The molecule has 5 nitrogen and oxygen atoms in total. The fourth-order valence-corrected chi connectivity index (χ4v) is 3.41. The van der Waals surface area contributed by atoms with Gasteiger partial charge in [0, 0.05) is 29.4 Å². The molecular weight excluding hydrogens is 435 g/mol. The van der Waals surface area contributed by atoms with Crippen LogP contribution in [0.5, 0.6) is 17.4 Å². The fraction of sp³-hybridized carbons (Fsp3) is 0.292. The largest absolute Gasteiger partial charge is 0.490 e. The Hall–Kier alpha value is -2.47. The second-order valence-electron chi connectivity index (χ2n) is 6.76. The molecule has 1 aromatic heterocycles. The van der Waals surface area contributed by atoms with E-state index in [2.05, 4.69) is 10.3 Å². The maximum absolute atomic E-state index is 6.51. The van der Waals surface area contributed by atoms with E-state index in [1.54, 1.807) is 6.20 Å². The van der Waals surface area contributed by atoms with Gasteiger partial charge in [-0.1, -0.05) is 47.5 Å². The summed E-state index contributed by atoms with van der Waals surface area (Å²) in [5, 5.41) is 4.56. The molecule has 0 spiro atoms. The van der Waals surface area contributed by atoms with Crippen LogP contribution in [-0.2, 0) is 13.2 Å². The van der Waals surface area contributed by atoms with Crippen LogP contribution >= 0.6 is 23.2 Å². The summed E-state index contributed by atoms with van der Waals surface area (Å²) in [6, 6.07) is 17.0. The van der Waals surface area contributed by atoms with Gasteiger partial charge >= 0.3 is 0 Å². The van der Waals surface area contributed by atoms with Gasteiger partial charge in [0.25, 0.3) is 0 Å². The number of nitrogens with zero attached hydrogens (tertiary/aromatic N) is 1. The molecule has 0 saturated carbocycles. The first-order valence-electron chi connectivity index (χ1n) is 10.2. The topological polar surface area (TPSA) is 52.6 Å². The zero-order chi connectivity index (χ0) is 21.9. The minimum atomic E-state index is 0.313. The normalized spacial score (nSPS) is 10.7. The molecule has 0 aliphatic heterocycles. The van der Waals surface area contributed by atoms with Gasteiger partial charge < -0.3 is 19.5 Å². The Morgan fingerprint density at radius 1 is 0.935 bits per heavy atom. The standard InChI is InChI=1S/C24H26Cl2N2O3/c1-2-29-22-15-18(16-27-11-7-13-30-23-10-5-6-12-28-23)14-21(26)24(22)31-17-19-8-3-4-9-20(19)25/h3-6,8-10,12,14-15,27H,2,7,11,13,16-17H2,1H3. The average Bonchev–Trinajstić information content (AvgIpc) is 2.77. The van der Waals surface area contributed by atoms with Crippen molar-refractivity contribution in [3.05, 3.63) is 82.0 Å². The number of hydrogen-bond acceptors (Lipinski definition) is 5. The molecule has 164 valence electrons. The molecular formula is C24H26Cl2N2O3. The van der Waals surface area contributed by atoms with E-state index in [0.717, 1.165) is 24.1 Å². The summed E-state index contributed by atoms with van der Waals surface area (Å²) >= 11 is 12.7. The van der Waals surface area contributed by atoms with Crippen LogP contribution in [0.4, 0.5) is 0 Å². The van der Waals surface area contributed by atoms with E-state index in [-0.39, 0.29) is 0 Å². The van der Waals surface area contributed by atoms with Crippen LogP contribution < -0.4 is 19.5 Å². The van der Waals surface area contributed by atoms with Crippen molar-refractivity contribution in [1.29, 1.82) is 0 Å². The summed E-state index contributed by atoms with van der Waals surface area (Å²) in [6.45, 7) is 4.82. The summed E-state index contributed by atoms with van der Waals surface area (Å²) in [5.41, 5.74) is 1.91. The lowest BCUT2D eigenvalue weighted by Crippen LogP contribution is -2.17. The Morgan fingerprint density at radius 3 is 2.55 bits per heavy atom. The zero-order valence-electron chi connectivity index (χ0n) is 17.4. The highest BCUT2D eigenvalue weighted by atomic mass is 35.5. The molecule has 7 heteroatoms. The van der Waals surface area contributed by atoms with Gasteiger partial charge in [0.05, 0.1) is 18.2 Å². The molecule has 3 rings (SSSR count). The number of rotatable bonds is 12. The zero-order valence-corrected chi connectivity index (χ0v) is 19.0. The van der Waals surface area contributed by atoms with Crippen molar-refractivity contribution in [3.8, 4) is 17.4 Å². The fourth-order valence-electron chi connectivity index (χ4n) is 2.93. The van der Waals surface area contributed by atoms with E-state index in [1.807, 2.05) is 61.5 Å². The Kier molecular flexibility index (Phi) is 9.28. The molecule has 0 radical (unpaired) electrons. The van der Waals surface area contributed by atoms with Crippen LogP contribution in [0.1, 0.15) is 24.5 Å². The molecule has 0 unspecified atom stereocenters. The van der Waals surface area contributed by atoms with E-state index in [4.69, 9.17) is 37.4 Å². The van der Waals surface area contributed by atoms with E-state index in [1.165, 1.54) is 0 Å². The molecule has 1 N–H and O–H groups in total. The Bertz CT molecular complexity index is 955. The number of benzene rings is 2. The number of pyridine rings is 1. The molecule has 1 heterocycles. The van der Waals surface area contributed by atoms with Crippen molar-refractivity contribution >= 4 is 23.2 Å². The maximum Gasteiger partial charge on any atom is 0.213 e. The third kappa shape index (κ3) is 7.31. The van der Waals surface area contributed by atoms with Crippen LogP contribution in [0.3, 0.4) is 0 Å². The van der Waals surface area contributed by atoms with Gasteiger partial charge in [0.1, 0.15) is 6.61 Å². The first kappa shape index (κ1) is 23.2. The van der Waals surface area contributed by atoms with Crippen molar-refractivity contribution < 1.29 is 14.2 Å². The van der Waals surface area contributed by atoms with Gasteiger partial charge in [0.15, 0.2) is 11.5 Å². The number of aromatic nitrogens is 1. The predicted octanol–water partition coefficient (Wildman–Crippen LogP) is 5.92. The summed E-state index contributed by atoms with van der Waals surface area (Å²) in [5.74, 6) is 1.79. The minimum Gasteiger partial charge on any atom is -0.490 e. The quantitative estimate of drug-likeness (QED) is 0.339. The second-order valence-corrected chi connectivity index (χ2v) is 7.58. The van der Waals surface area contributed by atoms with Crippen molar-refractivity contribution in [2.24, 2.45) is 0 Å². The van der Waals surface area contributed by atoms with Gasteiger partial charge in [-0.15, -0.1) is 0 Å². The lowest BCUT2D eigenvalue weighted by Gasteiger charge is -2.16. The smallest absolute Gasteiger partial charge is 0.213 e. The summed E-state index contributed by atoms with van der Waals surface area (Å²) in [6.07, 6.45) is 2.58. The second kappa shape index (κ2) is 12.4. The number of hydrogen-bond donors (Lipinski definition) is 1. The average molecular weight is 461 g/mol. The van der Waals surface area contributed by atoms with Gasteiger partial charge in [-0.2, -0.15) is 0 Å². The molecule has 31 heavy (non-hydrogen) atoms. The monoisotopic (exact) mass is 460 g/mol. The highest BCUT2D eigenvalue weighted by Crippen LogP contribution is 2.37. The van der Waals surface area contributed by atoms with Crippen LogP contribution in [0.15, 0.2) is 60.8 Å². The van der Waals surface area contributed by atoms with Crippen molar-refractivity contribution in [2.45, 2.75) is 26.5 Å². The highest BCUT2D eigenvalue weighted by Gasteiger charge is 2.13. The molecule has 0 fully saturated rings. The number of halogens is 2. The third-order valence-corrected chi connectivity index (χ3v) is 5.06. The maximum atomic E-state index is 6.51. The van der Waals surface area contributed by atoms with E-state index in [9.17, 15) is 0 Å². The first-order chi connectivity index (χ1) is 15.2. The number of nitrogens with one attached hydrogen (secondary N) is 1. The van der Waals surface area contributed by atoms with Crippen molar-refractivity contribution in [1.82, 2.24) is 10.3 Å². The highest BCUT2D eigenvalue weighted by molar-refractivity contribution is 6.32. The van der Waals surface area contributed by atoms with E-state index < -0.39 is 0 Å². The van der Waals surface area contributed by atoms with Crippen LogP contribution in [0.25, 0.3) is 0 Å². The molecule has 0 bridgehead atoms. The Balaban J connectivity index is 1.52. The molecule has 2 aromatic carbocycles. The van der Waals surface area contributed by atoms with Crippen molar-refractivity contribution in [3.63, 3.8) is 0 Å². The van der Waals surface area contributed by atoms with Crippen LogP contribution in [-0.4, -0.2) is 24.7 Å². The van der Waals surface area contributed by atoms with E-state index >= 15 is 0 Å². The molecule has 0 aliphatic rings. The molecule has 0 aliphatic carbocycles. The molecule has 3 aromatic rings. The minimum absolute atomic E-state index is 0.313. The van der Waals surface area contributed by atoms with Gasteiger partial charge in [-0.3, -0.25) is 0 Å².